The lowest BCUT2D eigenvalue weighted by Gasteiger charge is -2.10. The van der Waals surface area contributed by atoms with Gasteiger partial charge in [0, 0.05) is 12.3 Å². The number of hydrogen-bond acceptors (Lipinski definition) is 4. The van der Waals surface area contributed by atoms with Gasteiger partial charge in [0.1, 0.15) is 22.2 Å². The summed E-state index contributed by atoms with van der Waals surface area (Å²) in [6.45, 7) is 0. The average molecular weight is 320 g/mol. The number of nitrogens with two attached hydrogens (primary N) is 1. The van der Waals surface area contributed by atoms with E-state index >= 15 is 0 Å². The Morgan fingerprint density at radius 2 is 1.95 bits per heavy atom. The van der Waals surface area contributed by atoms with Gasteiger partial charge in [-0.3, -0.25) is 4.72 Å². The van der Waals surface area contributed by atoms with E-state index in [2.05, 4.69) is 4.98 Å². The molecule has 1 aromatic carbocycles. The molecule has 0 spiro atoms. The Morgan fingerprint density at radius 1 is 1.25 bits per heavy atom. The summed E-state index contributed by atoms with van der Waals surface area (Å²) in [5.74, 6) is -1.90. The summed E-state index contributed by atoms with van der Waals surface area (Å²) >= 11 is 5.61. The van der Waals surface area contributed by atoms with Gasteiger partial charge in [-0.1, -0.05) is 11.6 Å². The molecule has 0 radical (unpaired) electrons. The number of benzene rings is 1. The predicted molar refractivity (Wildman–Crippen MR) is 70.8 cm³/mol. The zero-order valence-corrected chi connectivity index (χ0v) is 11.3. The molecule has 9 heteroatoms. The topological polar surface area (TPSA) is 85.1 Å². The molecule has 0 unspecified atom stereocenters. The Balaban J connectivity index is 2.41. The molecule has 0 aliphatic carbocycles. The summed E-state index contributed by atoms with van der Waals surface area (Å²) in [5, 5.41) is -0.394. The van der Waals surface area contributed by atoms with E-state index in [4.69, 9.17) is 17.3 Å². The van der Waals surface area contributed by atoms with Crippen LogP contribution < -0.4 is 10.5 Å². The first-order chi connectivity index (χ1) is 9.29. The maximum atomic E-state index is 13.5. The Kier molecular flexibility index (Phi) is 3.78. The summed E-state index contributed by atoms with van der Waals surface area (Å²) < 4.78 is 52.3. The van der Waals surface area contributed by atoms with Crippen molar-refractivity contribution in [1.82, 2.24) is 4.98 Å². The van der Waals surface area contributed by atoms with Gasteiger partial charge in [0.2, 0.25) is 0 Å². The highest BCUT2D eigenvalue weighted by Gasteiger charge is 2.19. The Morgan fingerprint density at radius 3 is 2.50 bits per heavy atom. The van der Waals surface area contributed by atoms with Crippen LogP contribution in [0.3, 0.4) is 0 Å². The number of aromatic nitrogens is 1. The molecule has 0 bridgehead atoms. The summed E-state index contributed by atoms with van der Waals surface area (Å²) in [6, 6.07) is 3.78. The molecule has 0 aliphatic heterocycles. The van der Waals surface area contributed by atoms with E-state index in [0.29, 0.717) is 6.07 Å². The van der Waals surface area contributed by atoms with Crippen molar-refractivity contribution < 1.29 is 17.2 Å². The van der Waals surface area contributed by atoms with Crippen LogP contribution in [0.2, 0.25) is 5.02 Å². The van der Waals surface area contributed by atoms with Crippen LogP contribution in [0.15, 0.2) is 35.4 Å². The van der Waals surface area contributed by atoms with Crippen LogP contribution in [0, 0.1) is 11.6 Å². The van der Waals surface area contributed by atoms with Crippen molar-refractivity contribution in [1.29, 1.82) is 0 Å². The first kappa shape index (κ1) is 14.5. The molecular weight excluding hydrogens is 312 g/mol. The van der Waals surface area contributed by atoms with Crippen LogP contribution in [0.5, 0.6) is 0 Å². The predicted octanol–water partition coefficient (Wildman–Crippen LogP) is 2.40. The number of sulfonamides is 1. The summed E-state index contributed by atoms with van der Waals surface area (Å²) in [7, 11) is -4.10. The first-order valence-electron chi connectivity index (χ1n) is 5.18. The van der Waals surface area contributed by atoms with Gasteiger partial charge in [-0.05, 0) is 18.2 Å². The minimum atomic E-state index is -4.10. The quantitative estimate of drug-likeness (QED) is 0.909. The van der Waals surface area contributed by atoms with Gasteiger partial charge >= 0.3 is 0 Å². The molecule has 0 aliphatic rings. The van der Waals surface area contributed by atoms with Gasteiger partial charge in [0.05, 0.1) is 5.02 Å². The van der Waals surface area contributed by atoms with E-state index < -0.39 is 32.4 Å². The van der Waals surface area contributed by atoms with Crippen molar-refractivity contribution in [3.63, 3.8) is 0 Å². The van der Waals surface area contributed by atoms with Crippen LogP contribution in [0.1, 0.15) is 0 Å². The molecule has 2 aromatic rings. The third-order valence-electron chi connectivity index (χ3n) is 2.31. The second-order valence-electron chi connectivity index (χ2n) is 3.77. The summed E-state index contributed by atoms with van der Waals surface area (Å²) in [5.41, 5.74) is 4.80. The monoisotopic (exact) mass is 319 g/mol. The smallest absolute Gasteiger partial charge is 0.263 e. The highest BCUT2D eigenvalue weighted by molar-refractivity contribution is 7.92. The lowest BCUT2D eigenvalue weighted by atomic mass is 10.3. The van der Waals surface area contributed by atoms with E-state index in [9.17, 15) is 17.2 Å². The number of halogens is 3. The SMILES string of the molecule is Nc1ccc(S(=O)(=O)Nc2c(F)cc(F)cc2Cl)cn1. The standard InChI is InChI=1S/C11H8ClF2N3O2S/c12-8-3-6(13)4-9(14)11(8)17-20(18,19)7-1-2-10(15)16-5-7/h1-5,17H,(H2,15,16). The number of anilines is 2. The lowest BCUT2D eigenvalue weighted by Crippen LogP contribution is -2.15. The molecule has 5 nitrogen and oxygen atoms in total. The third-order valence-corrected chi connectivity index (χ3v) is 3.95. The number of hydrogen-bond donors (Lipinski definition) is 2. The molecule has 0 fully saturated rings. The first-order valence-corrected chi connectivity index (χ1v) is 7.04. The zero-order valence-electron chi connectivity index (χ0n) is 9.77. The Labute approximate surface area is 118 Å². The van der Waals surface area contributed by atoms with Crippen LogP contribution in [0.25, 0.3) is 0 Å². The number of pyridine rings is 1. The second-order valence-corrected chi connectivity index (χ2v) is 5.86. The van der Waals surface area contributed by atoms with Gasteiger partial charge in [-0.2, -0.15) is 0 Å². The number of rotatable bonds is 3. The maximum absolute atomic E-state index is 13.5. The van der Waals surface area contributed by atoms with E-state index in [1.54, 1.807) is 0 Å². The Bertz CT molecular complexity index is 728. The minimum absolute atomic E-state index is 0.134. The number of nitrogens with one attached hydrogen (secondary N) is 1. The van der Waals surface area contributed by atoms with Gasteiger partial charge in [-0.25, -0.2) is 22.2 Å². The molecule has 0 amide bonds. The molecular formula is C11H8ClF2N3O2S. The van der Waals surface area contributed by atoms with E-state index in [1.807, 2.05) is 4.72 Å². The van der Waals surface area contributed by atoms with Gasteiger partial charge in [0.15, 0.2) is 5.82 Å². The fourth-order valence-corrected chi connectivity index (χ4v) is 2.71. The molecule has 106 valence electrons. The second kappa shape index (κ2) is 5.22. The van der Waals surface area contributed by atoms with Crippen LogP contribution in [-0.2, 0) is 10.0 Å². The maximum Gasteiger partial charge on any atom is 0.263 e. The normalized spacial score (nSPS) is 11.3. The molecule has 0 saturated carbocycles. The molecule has 3 N–H and O–H groups in total. The molecule has 2 rings (SSSR count). The largest absolute Gasteiger partial charge is 0.384 e. The fraction of sp³-hybridized carbons (Fsp3) is 0. The molecule has 1 aromatic heterocycles. The Hall–Kier alpha value is -1.93. The number of nitrogen functional groups attached to an aromatic ring is 1. The van der Waals surface area contributed by atoms with Crippen LogP contribution in [0.4, 0.5) is 20.3 Å². The van der Waals surface area contributed by atoms with E-state index in [0.717, 1.165) is 12.3 Å². The van der Waals surface area contributed by atoms with Crippen molar-refractivity contribution in [2.45, 2.75) is 4.90 Å². The van der Waals surface area contributed by atoms with Crippen molar-refractivity contribution in [2.75, 3.05) is 10.5 Å². The average Bonchev–Trinajstić information content (AvgIpc) is 2.34. The van der Waals surface area contributed by atoms with E-state index in [1.165, 1.54) is 12.1 Å². The minimum Gasteiger partial charge on any atom is -0.384 e. The summed E-state index contributed by atoms with van der Waals surface area (Å²) in [4.78, 5) is 3.39. The molecule has 0 saturated heterocycles. The van der Waals surface area contributed by atoms with Crippen molar-refractivity contribution in [2.24, 2.45) is 0 Å². The highest BCUT2D eigenvalue weighted by Crippen LogP contribution is 2.28. The lowest BCUT2D eigenvalue weighted by molar-refractivity contribution is 0.583. The molecule has 0 atom stereocenters. The van der Waals surface area contributed by atoms with Gasteiger partial charge < -0.3 is 5.73 Å². The van der Waals surface area contributed by atoms with Crippen molar-refractivity contribution >= 4 is 33.1 Å². The molecule has 20 heavy (non-hydrogen) atoms. The summed E-state index contributed by atoms with van der Waals surface area (Å²) in [6.07, 6.45) is 1.01. The van der Waals surface area contributed by atoms with Gasteiger partial charge in [-0.15, -0.1) is 0 Å². The van der Waals surface area contributed by atoms with Crippen LogP contribution >= 0.6 is 11.6 Å². The van der Waals surface area contributed by atoms with Crippen molar-refractivity contribution in [3.05, 3.63) is 47.1 Å². The molecule has 1 heterocycles. The van der Waals surface area contributed by atoms with Gasteiger partial charge in [0.25, 0.3) is 10.0 Å². The zero-order chi connectivity index (χ0) is 14.9. The fourth-order valence-electron chi connectivity index (χ4n) is 1.38. The number of nitrogens with zero attached hydrogens (tertiary/aromatic N) is 1. The van der Waals surface area contributed by atoms with E-state index in [-0.39, 0.29) is 10.7 Å². The van der Waals surface area contributed by atoms with Crippen LogP contribution in [-0.4, -0.2) is 13.4 Å². The van der Waals surface area contributed by atoms with Crippen molar-refractivity contribution in [3.8, 4) is 0 Å². The highest BCUT2D eigenvalue weighted by atomic mass is 35.5. The third kappa shape index (κ3) is 2.97.